The molecule has 0 fully saturated rings. The molecule has 0 saturated carbocycles. The average molecular weight is 506 g/mol. The maximum atomic E-state index is 14.6. The molecule has 0 saturated heterocycles. The molecule has 0 radical (unpaired) electrons. The van der Waals surface area contributed by atoms with Crippen molar-refractivity contribution in [3.63, 3.8) is 0 Å². The van der Waals surface area contributed by atoms with E-state index in [1.807, 2.05) is 5.32 Å². The van der Waals surface area contributed by atoms with Crippen LogP contribution in [0.3, 0.4) is 0 Å². The number of alkyl halides is 7. The monoisotopic (exact) mass is 505 g/mol. The highest BCUT2D eigenvalue weighted by molar-refractivity contribution is 6.40. The van der Waals surface area contributed by atoms with Crippen LogP contribution in [0.4, 0.5) is 46.5 Å². The van der Waals surface area contributed by atoms with Crippen molar-refractivity contribution >= 4 is 40.5 Å². The number of anilines is 2. The Morgan fingerprint density at radius 1 is 1.06 bits per heavy atom. The molecular formula is C18H9Cl2F8N3O. The van der Waals surface area contributed by atoms with Crippen molar-refractivity contribution in [1.82, 2.24) is 0 Å². The molecule has 2 aromatic carbocycles. The molecule has 3 N–H and O–H groups in total. The summed E-state index contributed by atoms with van der Waals surface area (Å²) in [4.78, 5) is 12.3. The van der Waals surface area contributed by atoms with Crippen LogP contribution in [0.25, 0.3) is 0 Å². The van der Waals surface area contributed by atoms with Crippen molar-refractivity contribution in [2.45, 2.75) is 24.4 Å². The van der Waals surface area contributed by atoms with Crippen LogP contribution >= 0.6 is 23.2 Å². The second-order valence-electron chi connectivity index (χ2n) is 6.36. The van der Waals surface area contributed by atoms with Gasteiger partial charge in [-0.1, -0.05) is 23.2 Å². The smallest absolute Gasteiger partial charge is 0.395 e. The number of amides is 1. The number of nitrogen functional groups attached to an aromatic ring is 1. The topological polar surface area (TPSA) is 78.9 Å². The molecule has 0 bridgehead atoms. The minimum atomic E-state index is -5.98. The van der Waals surface area contributed by atoms with Crippen LogP contribution < -0.4 is 11.1 Å². The number of nitriles is 1. The summed E-state index contributed by atoms with van der Waals surface area (Å²) < 4.78 is 106. The zero-order valence-electron chi connectivity index (χ0n) is 15.2. The van der Waals surface area contributed by atoms with Gasteiger partial charge in [0, 0.05) is 5.56 Å². The Morgan fingerprint density at radius 3 is 2.03 bits per heavy atom. The molecule has 0 aliphatic heterocycles. The van der Waals surface area contributed by atoms with Crippen molar-refractivity contribution in [1.29, 1.82) is 5.26 Å². The van der Waals surface area contributed by atoms with Gasteiger partial charge in [0.25, 0.3) is 5.91 Å². The molecule has 0 spiro atoms. The fourth-order valence-electron chi connectivity index (χ4n) is 2.61. The standard InChI is InChI=1S/C18H9Cl2F8N3O/c19-10-3-8(16(22,18(26,27)28)6-17(23,24)25)4-11(20)14(10)31-15(32)9-2-1-7(5-29)13(30)12(9)21/h1-4H,6,30H2,(H,31,32). The lowest BCUT2D eigenvalue weighted by molar-refractivity contribution is -0.273. The molecule has 0 aromatic heterocycles. The maximum Gasteiger partial charge on any atom is 0.427 e. The van der Waals surface area contributed by atoms with E-state index in [4.69, 9.17) is 34.2 Å². The van der Waals surface area contributed by atoms with E-state index in [-0.39, 0.29) is 17.7 Å². The van der Waals surface area contributed by atoms with E-state index < -0.39 is 68.7 Å². The first-order valence-corrected chi connectivity index (χ1v) is 8.88. The maximum absolute atomic E-state index is 14.6. The fraction of sp³-hybridized carbons (Fsp3) is 0.222. The number of hydrogen-bond acceptors (Lipinski definition) is 3. The van der Waals surface area contributed by atoms with Crippen molar-refractivity contribution in [3.05, 3.63) is 56.8 Å². The van der Waals surface area contributed by atoms with Gasteiger partial charge in [-0.15, -0.1) is 0 Å². The molecule has 0 heterocycles. The molecule has 32 heavy (non-hydrogen) atoms. The Hall–Kier alpha value is -2.78. The first kappa shape index (κ1) is 25.5. The zero-order valence-corrected chi connectivity index (χ0v) is 16.7. The number of carbonyl (C=O) groups excluding carboxylic acids is 1. The van der Waals surface area contributed by atoms with E-state index in [1.54, 1.807) is 6.07 Å². The number of nitrogens with zero attached hydrogens (tertiary/aromatic N) is 1. The summed E-state index contributed by atoms with van der Waals surface area (Å²) in [5.41, 5.74) is -3.33. The summed E-state index contributed by atoms with van der Waals surface area (Å²) in [7, 11) is 0. The molecule has 4 nitrogen and oxygen atoms in total. The Kier molecular flexibility index (Phi) is 6.87. The highest BCUT2D eigenvalue weighted by Gasteiger charge is 2.62. The second-order valence-corrected chi connectivity index (χ2v) is 7.17. The van der Waals surface area contributed by atoms with Gasteiger partial charge >= 0.3 is 12.4 Å². The summed E-state index contributed by atoms with van der Waals surface area (Å²) in [6.45, 7) is 0. The molecule has 0 aliphatic rings. The third-order valence-electron chi connectivity index (χ3n) is 4.18. The van der Waals surface area contributed by atoms with Crippen LogP contribution in [0.5, 0.6) is 0 Å². The van der Waals surface area contributed by atoms with Crippen molar-refractivity contribution < 1.29 is 39.9 Å². The third-order valence-corrected chi connectivity index (χ3v) is 4.77. The van der Waals surface area contributed by atoms with Gasteiger partial charge in [-0.2, -0.15) is 31.6 Å². The minimum absolute atomic E-state index is 0.214. The number of carbonyl (C=O) groups is 1. The third kappa shape index (κ3) is 4.99. The summed E-state index contributed by atoms with van der Waals surface area (Å²) in [5, 5.41) is 9.04. The van der Waals surface area contributed by atoms with Gasteiger partial charge in [0.2, 0.25) is 5.67 Å². The number of halogens is 10. The summed E-state index contributed by atoms with van der Waals surface area (Å²) in [6.07, 6.45) is -14.4. The van der Waals surface area contributed by atoms with Gasteiger partial charge in [-0.05, 0) is 24.3 Å². The second kappa shape index (κ2) is 8.63. The van der Waals surface area contributed by atoms with E-state index in [1.165, 1.54) is 0 Å². The zero-order chi connectivity index (χ0) is 24.6. The number of rotatable bonds is 4. The Bertz CT molecular complexity index is 1090. The van der Waals surface area contributed by atoms with Crippen LogP contribution in [0.2, 0.25) is 10.0 Å². The molecule has 1 amide bonds. The quantitative estimate of drug-likeness (QED) is 0.366. The molecular weight excluding hydrogens is 497 g/mol. The number of nitrogens with two attached hydrogens (primary N) is 1. The summed E-state index contributed by atoms with van der Waals surface area (Å²) in [6, 6.07) is 3.88. The SMILES string of the molecule is N#Cc1ccc(C(=O)Nc2c(Cl)cc(C(F)(CC(F)(F)F)C(F)(F)F)cc2Cl)c(F)c1N. The average Bonchev–Trinajstić information content (AvgIpc) is 2.64. The first-order valence-electron chi connectivity index (χ1n) is 8.13. The molecule has 172 valence electrons. The fourth-order valence-corrected chi connectivity index (χ4v) is 3.19. The molecule has 1 unspecified atom stereocenters. The van der Waals surface area contributed by atoms with Gasteiger partial charge < -0.3 is 11.1 Å². The van der Waals surface area contributed by atoms with Crippen LogP contribution in [0.15, 0.2) is 24.3 Å². The molecule has 1 atom stereocenters. The Balaban J connectivity index is 2.49. The summed E-state index contributed by atoms with van der Waals surface area (Å²) in [5.74, 6) is -2.55. The van der Waals surface area contributed by atoms with E-state index in [0.717, 1.165) is 12.1 Å². The normalized spacial score (nSPS) is 13.9. The Morgan fingerprint density at radius 2 is 1.59 bits per heavy atom. The van der Waals surface area contributed by atoms with Crippen molar-refractivity contribution in [3.8, 4) is 6.07 Å². The van der Waals surface area contributed by atoms with Crippen LogP contribution in [-0.2, 0) is 5.67 Å². The van der Waals surface area contributed by atoms with E-state index in [9.17, 15) is 39.9 Å². The van der Waals surface area contributed by atoms with E-state index in [2.05, 4.69) is 0 Å². The van der Waals surface area contributed by atoms with Crippen LogP contribution in [0.1, 0.15) is 27.9 Å². The van der Waals surface area contributed by atoms with Crippen LogP contribution in [0, 0.1) is 17.1 Å². The lowest BCUT2D eigenvalue weighted by atomic mass is 9.91. The molecule has 14 heteroatoms. The van der Waals surface area contributed by atoms with Gasteiger partial charge in [0.15, 0.2) is 5.82 Å². The largest absolute Gasteiger partial charge is 0.427 e. The van der Waals surface area contributed by atoms with Gasteiger partial charge in [-0.3, -0.25) is 4.79 Å². The lowest BCUT2D eigenvalue weighted by Gasteiger charge is -2.30. The lowest BCUT2D eigenvalue weighted by Crippen LogP contribution is -2.42. The first-order chi connectivity index (χ1) is 14.5. The van der Waals surface area contributed by atoms with Crippen molar-refractivity contribution in [2.24, 2.45) is 0 Å². The van der Waals surface area contributed by atoms with Crippen LogP contribution in [-0.4, -0.2) is 18.3 Å². The van der Waals surface area contributed by atoms with Gasteiger partial charge in [-0.25, -0.2) is 8.78 Å². The minimum Gasteiger partial charge on any atom is -0.395 e. The highest BCUT2D eigenvalue weighted by atomic mass is 35.5. The number of hydrogen-bond donors (Lipinski definition) is 2. The predicted octanol–water partition coefficient (Wildman–Crippen LogP) is 6.52. The molecule has 0 aliphatic carbocycles. The van der Waals surface area contributed by atoms with Crippen molar-refractivity contribution in [2.75, 3.05) is 11.1 Å². The summed E-state index contributed by atoms with van der Waals surface area (Å²) >= 11 is 11.5. The van der Waals surface area contributed by atoms with Gasteiger partial charge in [0.05, 0.1) is 39.0 Å². The molecule has 2 aromatic rings. The van der Waals surface area contributed by atoms with E-state index in [0.29, 0.717) is 0 Å². The molecule has 2 rings (SSSR count). The predicted molar refractivity (Wildman–Crippen MR) is 99.5 cm³/mol. The number of nitrogens with one attached hydrogen (secondary N) is 1. The van der Waals surface area contributed by atoms with Gasteiger partial charge in [0.1, 0.15) is 6.07 Å². The number of benzene rings is 2. The highest BCUT2D eigenvalue weighted by Crippen LogP contribution is 2.51. The Labute approximate surface area is 184 Å². The van der Waals surface area contributed by atoms with E-state index >= 15 is 0 Å².